The van der Waals surface area contributed by atoms with E-state index >= 15 is 0 Å². The molecule has 31 heavy (non-hydrogen) atoms. The highest BCUT2D eigenvalue weighted by atomic mass is 32.1. The van der Waals surface area contributed by atoms with Gasteiger partial charge in [0.1, 0.15) is 23.4 Å². The largest absolute Gasteiger partial charge is 0.351 e. The standard InChI is InChI=1S/C23H25N5O2S/c1-13-8-19(25-14(2)17(13)9-24)27-7-6-16-18(11-27)31-23-21(16)22(30)26(3)12-20(29)28(23)10-15-4-5-15/h8,15H,4-7,10-12H2,1-3H3. The van der Waals surface area contributed by atoms with Crippen LogP contribution in [-0.2, 0) is 17.8 Å². The number of carbonyl (C=O) groups is 2. The van der Waals surface area contributed by atoms with Crippen molar-refractivity contribution in [2.24, 2.45) is 5.92 Å². The maximum atomic E-state index is 13.2. The molecule has 0 spiro atoms. The van der Waals surface area contributed by atoms with Crippen LogP contribution in [0.1, 0.15) is 50.5 Å². The van der Waals surface area contributed by atoms with Crippen LogP contribution < -0.4 is 9.80 Å². The minimum atomic E-state index is -0.0456. The Morgan fingerprint density at radius 1 is 1.26 bits per heavy atom. The smallest absolute Gasteiger partial charge is 0.257 e. The fourth-order valence-corrected chi connectivity index (χ4v) is 5.93. The van der Waals surface area contributed by atoms with Crippen molar-refractivity contribution in [2.45, 2.75) is 39.7 Å². The van der Waals surface area contributed by atoms with Crippen LogP contribution in [0.15, 0.2) is 6.07 Å². The zero-order valence-corrected chi connectivity index (χ0v) is 18.9. The van der Waals surface area contributed by atoms with Crippen LogP contribution in [0.4, 0.5) is 10.8 Å². The van der Waals surface area contributed by atoms with Crippen molar-refractivity contribution in [1.82, 2.24) is 9.88 Å². The van der Waals surface area contributed by atoms with Crippen molar-refractivity contribution in [1.29, 1.82) is 5.26 Å². The van der Waals surface area contributed by atoms with Crippen molar-refractivity contribution in [3.63, 3.8) is 0 Å². The lowest BCUT2D eigenvalue weighted by Crippen LogP contribution is -2.38. The summed E-state index contributed by atoms with van der Waals surface area (Å²) in [6.45, 7) is 6.07. The van der Waals surface area contributed by atoms with Gasteiger partial charge < -0.3 is 14.7 Å². The molecule has 0 N–H and O–H groups in total. The van der Waals surface area contributed by atoms with Gasteiger partial charge in [-0.2, -0.15) is 5.26 Å². The molecule has 0 atom stereocenters. The number of pyridine rings is 1. The van der Waals surface area contributed by atoms with Crippen LogP contribution in [0, 0.1) is 31.1 Å². The van der Waals surface area contributed by atoms with E-state index in [1.165, 1.54) is 0 Å². The summed E-state index contributed by atoms with van der Waals surface area (Å²) in [4.78, 5) is 37.5. The van der Waals surface area contributed by atoms with Crippen molar-refractivity contribution in [3.8, 4) is 6.07 Å². The summed E-state index contributed by atoms with van der Waals surface area (Å²) in [5, 5.41) is 10.2. The number of fused-ring (bicyclic) bond motifs is 3. The van der Waals surface area contributed by atoms with Crippen LogP contribution in [0.25, 0.3) is 0 Å². The van der Waals surface area contributed by atoms with Gasteiger partial charge in [0.25, 0.3) is 5.91 Å². The SMILES string of the molecule is Cc1cc(N2CCc3c(sc4c3C(=O)N(C)CC(=O)N4CC3CC3)C2)nc(C)c1C#N. The van der Waals surface area contributed by atoms with Gasteiger partial charge in [-0.1, -0.05) is 0 Å². The number of rotatable bonds is 3. The van der Waals surface area contributed by atoms with E-state index < -0.39 is 0 Å². The summed E-state index contributed by atoms with van der Waals surface area (Å²) in [6, 6.07) is 4.20. The maximum Gasteiger partial charge on any atom is 0.257 e. The van der Waals surface area contributed by atoms with Gasteiger partial charge in [-0.3, -0.25) is 9.59 Å². The minimum Gasteiger partial charge on any atom is -0.351 e. The zero-order chi connectivity index (χ0) is 21.9. The summed E-state index contributed by atoms with van der Waals surface area (Å²) in [5.74, 6) is 1.38. The second-order valence-electron chi connectivity index (χ2n) is 8.83. The number of thiophene rings is 1. The van der Waals surface area contributed by atoms with Gasteiger partial charge in [-0.25, -0.2) is 4.98 Å². The Kier molecular flexibility index (Phi) is 4.74. The summed E-state index contributed by atoms with van der Waals surface area (Å²) in [5.41, 5.74) is 4.12. The topological polar surface area (TPSA) is 80.5 Å². The second kappa shape index (κ2) is 7.34. The molecule has 0 aromatic carbocycles. The van der Waals surface area contributed by atoms with Crippen LogP contribution in [0.2, 0.25) is 0 Å². The van der Waals surface area contributed by atoms with Gasteiger partial charge in [0.2, 0.25) is 5.91 Å². The molecule has 1 aliphatic carbocycles. The third-order valence-electron chi connectivity index (χ3n) is 6.47. The fourth-order valence-electron chi connectivity index (χ4n) is 4.55. The average Bonchev–Trinajstić information content (AvgIpc) is 3.49. The van der Waals surface area contributed by atoms with E-state index in [1.54, 1.807) is 23.3 Å². The van der Waals surface area contributed by atoms with Crippen LogP contribution in [0.3, 0.4) is 0 Å². The molecule has 2 aromatic rings. The average molecular weight is 436 g/mol. The zero-order valence-electron chi connectivity index (χ0n) is 18.1. The Morgan fingerprint density at radius 3 is 2.71 bits per heavy atom. The van der Waals surface area contributed by atoms with E-state index in [4.69, 9.17) is 0 Å². The first-order valence-corrected chi connectivity index (χ1v) is 11.5. The summed E-state index contributed by atoms with van der Waals surface area (Å²) < 4.78 is 0. The molecule has 3 aliphatic rings. The van der Waals surface area contributed by atoms with Gasteiger partial charge in [0.15, 0.2) is 0 Å². The molecular formula is C23H25N5O2S. The van der Waals surface area contributed by atoms with E-state index in [-0.39, 0.29) is 18.4 Å². The number of hydrogen-bond donors (Lipinski definition) is 0. The number of hydrogen-bond acceptors (Lipinski definition) is 6. The highest BCUT2D eigenvalue weighted by molar-refractivity contribution is 7.17. The Bertz CT molecular complexity index is 1120. The number of anilines is 2. The number of aromatic nitrogens is 1. The first kappa shape index (κ1) is 20.0. The number of likely N-dealkylation sites (N-methyl/N-ethyl adjacent to an activating group) is 1. The number of amides is 2. The predicted octanol–water partition coefficient (Wildman–Crippen LogP) is 3.02. The fraction of sp³-hybridized carbons (Fsp3) is 0.478. The van der Waals surface area contributed by atoms with Crippen molar-refractivity contribution in [2.75, 3.05) is 36.5 Å². The molecule has 1 fully saturated rings. The molecule has 160 valence electrons. The van der Waals surface area contributed by atoms with Gasteiger partial charge in [-0.05, 0) is 56.2 Å². The van der Waals surface area contributed by atoms with E-state index in [0.29, 0.717) is 24.6 Å². The van der Waals surface area contributed by atoms with Crippen molar-refractivity contribution < 1.29 is 9.59 Å². The normalized spacial score (nSPS) is 18.6. The Balaban J connectivity index is 1.52. The van der Waals surface area contributed by atoms with Crippen molar-refractivity contribution >= 4 is 34.0 Å². The molecule has 0 unspecified atom stereocenters. The molecule has 0 saturated heterocycles. The van der Waals surface area contributed by atoms with Gasteiger partial charge in [-0.15, -0.1) is 11.3 Å². The number of nitriles is 1. The quantitative estimate of drug-likeness (QED) is 0.740. The Labute approximate surface area is 185 Å². The molecule has 5 rings (SSSR count). The molecule has 7 nitrogen and oxygen atoms in total. The first-order valence-electron chi connectivity index (χ1n) is 10.7. The van der Waals surface area contributed by atoms with Gasteiger partial charge in [0.05, 0.1) is 23.4 Å². The van der Waals surface area contributed by atoms with Crippen LogP contribution in [0.5, 0.6) is 0 Å². The highest BCUT2D eigenvalue weighted by Crippen LogP contribution is 2.43. The van der Waals surface area contributed by atoms with Gasteiger partial charge >= 0.3 is 0 Å². The van der Waals surface area contributed by atoms with E-state index in [2.05, 4.69) is 16.0 Å². The molecule has 2 aromatic heterocycles. The number of aryl methyl sites for hydroxylation is 2. The molecule has 2 amide bonds. The van der Waals surface area contributed by atoms with Crippen molar-refractivity contribution in [3.05, 3.63) is 38.9 Å². The molecule has 0 bridgehead atoms. The Morgan fingerprint density at radius 2 is 2.03 bits per heavy atom. The second-order valence-corrected chi connectivity index (χ2v) is 9.92. The first-order chi connectivity index (χ1) is 14.9. The number of carbonyl (C=O) groups excluding carboxylic acids is 2. The highest BCUT2D eigenvalue weighted by Gasteiger charge is 2.39. The molecule has 4 heterocycles. The summed E-state index contributed by atoms with van der Waals surface area (Å²) >= 11 is 1.59. The third kappa shape index (κ3) is 3.37. The molecule has 1 saturated carbocycles. The Hall–Kier alpha value is -2.92. The van der Waals surface area contributed by atoms with Crippen LogP contribution >= 0.6 is 11.3 Å². The predicted molar refractivity (Wildman–Crippen MR) is 120 cm³/mol. The molecule has 2 aliphatic heterocycles. The van der Waals surface area contributed by atoms with Gasteiger partial charge in [0, 0.05) is 25.0 Å². The maximum absolute atomic E-state index is 13.2. The third-order valence-corrected chi connectivity index (χ3v) is 7.71. The molecular weight excluding hydrogens is 410 g/mol. The van der Waals surface area contributed by atoms with E-state index in [0.717, 1.165) is 63.9 Å². The lowest BCUT2D eigenvalue weighted by Gasteiger charge is -2.29. The molecule has 0 radical (unpaired) electrons. The van der Waals surface area contributed by atoms with E-state index in [1.807, 2.05) is 24.8 Å². The van der Waals surface area contributed by atoms with E-state index in [9.17, 15) is 14.9 Å². The number of nitrogens with zero attached hydrogens (tertiary/aromatic N) is 5. The lowest BCUT2D eigenvalue weighted by atomic mass is 10.0. The minimum absolute atomic E-state index is 0.0111. The summed E-state index contributed by atoms with van der Waals surface area (Å²) in [7, 11) is 1.72. The monoisotopic (exact) mass is 435 g/mol. The lowest BCUT2D eigenvalue weighted by molar-refractivity contribution is -0.119. The van der Waals surface area contributed by atoms with Crippen LogP contribution in [-0.4, -0.2) is 48.4 Å². The summed E-state index contributed by atoms with van der Waals surface area (Å²) in [6.07, 6.45) is 3.06. The molecule has 8 heteroatoms.